The number of carbonyl (C=O) groups excluding carboxylic acids is 2. The highest BCUT2D eigenvalue weighted by atomic mass is 16.5. The van der Waals surface area contributed by atoms with E-state index >= 15 is 0 Å². The SMILES string of the molecule is COC(=O)N1CCC(CNC(=O)c2ccno2)CC1. The van der Waals surface area contributed by atoms with Crippen LogP contribution < -0.4 is 5.32 Å². The maximum Gasteiger partial charge on any atom is 0.409 e. The molecule has 0 radical (unpaired) electrons. The second-order valence-electron chi connectivity index (χ2n) is 4.49. The summed E-state index contributed by atoms with van der Waals surface area (Å²) in [6.45, 7) is 1.90. The molecule has 0 atom stereocenters. The average Bonchev–Trinajstić information content (AvgIpc) is 2.98. The standard InChI is InChI=1S/C12H17N3O4/c1-18-12(17)15-6-3-9(4-7-15)8-13-11(16)10-2-5-14-19-10/h2,5,9H,3-4,6-8H2,1H3,(H,13,16). The van der Waals surface area contributed by atoms with Crippen molar-refractivity contribution in [2.24, 2.45) is 5.92 Å². The van der Waals surface area contributed by atoms with Gasteiger partial charge in [0.15, 0.2) is 0 Å². The van der Waals surface area contributed by atoms with Crippen molar-refractivity contribution >= 4 is 12.0 Å². The number of nitrogens with one attached hydrogen (secondary N) is 1. The maximum atomic E-state index is 11.6. The van der Waals surface area contributed by atoms with Crippen LogP contribution in [0, 0.1) is 5.92 Å². The summed E-state index contributed by atoms with van der Waals surface area (Å²) in [5, 5.41) is 6.29. The molecule has 104 valence electrons. The van der Waals surface area contributed by atoms with Crippen molar-refractivity contribution < 1.29 is 18.8 Å². The number of aromatic nitrogens is 1. The number of nitrogens with zero attached hydrogens (tertiary/aromatic N) is 2. The Morgan fingerprint density at radius 2 is 2.26 bits per heavy atom. The Balaban J connectivity index is 1.71. The molecule has 2 amide bonds. The molecule has 1 N–H and O–H groups in total. The normalized spacial score (nSPS) is 16.2. The van der Waals surface area contributed by atoms with Gasteiger partial charge in [0.2, 0.25) is 5.76 Å². The van der Waals surface area contributed by atoms with Crippen molar-refractivity contribution in [3.8, 4) is 0 Å². The minimum Gasteiger partial charge on any atom is -0.453 e. The van der Waals surface area contributed by atoms with Gasteiger partial charge in [-0.1, -0.05) is 5.16 Å². The predicted octanol–water partition coefficient (Wildman–Crippen LogP) is 0.883. The molecule has 0 bridgehead atoms. The third-order valence-corrected chi connectivity index (χ3v) is 3.26. The van der Waals surface area contributed by atoms with Gasteiger partial charge in [-0.2, -0.15) is 0 Å². The molecule has 1 aliphatic rings. The Kier molecular flexibility index (Phi) is 4.38. The molecular weight excluding hydrogens is 250 g/mol. The summed E-state index contributed by atoms with van der Waals surface area (Å²) in [5.74, 6) is 0.327. The van der Waals surface area contributed by atoms with E-state index < -0.39 is 0 Å². The lowest BCUT2D eigenvalue weighted by molar-refractivity contribution is 0.0882. The van der Waals surface area contributed by atoms with Crippen LogP contribution in [0.5, 0.6) is 0 Å². The number of carbonyl (C=O) groups is 2. The zero-order chi connectivity index (χ0) is 13.7. The van der Waals surface area contributed by atoms with E-state index in [0.29, 0.717) is 25.6 Å². The van der Waals surface area contributed by atoms with Crippen LogP contribution >= 0.6 is 0 Å². The summed E-state index contributed by atoms with van der Waals surface area (Å²) in [6.07, 6.45) is 2.85. The number of piperidine rings is 1. The highest BCUT2D eigenvalue weighted by Gasteiger charge is 2.23. The van der Waals surface area contributed by atoms with E-state index in [2.05, 4.69) is 15.2 Å². The summed E-state index contributed by atoms with van der Waals surface area (Å²) in [6, 6.07) is 1.52. The molecule has 0 aliphatic carbocycles. The lowest BCUT2D eigenvalue weighted by Gasteiger charge is -2.30. The van der Waals surface area contributed by atoms with Gasteiger partial charge in [-0.25, -0.2) is 4.79 Å². The lowest BCUT2D eigenvalue weighted by atomic mass is 9.97. The molecule has 0 saturated carbocycles. The van der Waals surface area contributed by atoms with Crippen LogP contribution in [0.25, 0.3) is 0 Å². The summed E-state index contributed by atoms with van der Waals surface area (Å²) in [5.41, 5.74) is 0. The molecule has 0 unspecified atom stereocenters. The number of amides is 2. The van der Waals surface area contributed by atoms with Crippen molar-refractivity contribution in [3.63, 3.8) is 0 Å². The fraction of sp³-hybridized carbons (Fsp3) is 0.583. The number of methoxy groups -OCH3 is 1. The molecule has 0 spiro atoms. The topological polar surface area (TPSA) is 84.7 Å². The van der Waals surface area contributed by atoms with Crippen LogP contribution in [0.2, 0.25) is 0 Å². The van der Waals surface area contributed by atoms with Gasteiger partial charge in [-0.3, -0.25) is 4.79 Å². The van der Waals surface area contributed by atoms with E-state index in [9.17, 15) is 9.59 Å². The molecule has 1 aromatic rings. The van der Waals surface area contributed by atoms with Gasteiger partial charge in [-0.15, -0.1) is 0 Å². The number of likely N-dealkylation sites (tertiary alicyclic amines) is 1. The minimum atomic E-state index is -0.288. The zero-order valence-electron chi connectivity index (χ0n) is 10.8. The van der Waals surface area contributed by atoms with Crippen LogP contribution in [0.1, 0.15) is 23.4 Å². The Morgan fingerprint density at radius 1 is 1.53 bits per heavy atom. The molecule has 7 heteroatoms. The van der Waals surface area contributed by atoms with Gasteiger partial charge in [0.1, 0.15) is 0 Å². The van der Waals surface area contributed by atoms with Crippen molar-refractivity contribution in [1.82, 2.24) is 15.4 Å². The van der Waals surface area contributed by atoms with Crippen LogP contribution in [0.15, 0.2) is 16.8 Å². The van der Waals surface area contributed by atoms with Gasteiger partial charge in [0.25, 0.3) is 5.91 Å². The fourth-order valence-corrected chi connectivity index (χ4v) is 2.11. The molecule has 1 aromatic heterocycles. The third kappa shape index (κ3) is 3.46. The zero-order valence-corrected chi connectivity index (χ0v) is 10.8. The van der Waals surface area contributed by atoms with Crippen molar-refractivity contribution in [1.29, 1.82) is 0 Å². The smallest absolute Gasteiger partial charge is 0.409 e. The van der Waals surface area contributed by atoms with Crippen molar-refractivity contribution in [3.05, 3.63) is 18.0 Å². The Morgan fingerprint density at radius 3 is 2.84 bits per heavy atom. The van der Waals surface area contributed by atoms with Gasteiger partial charge < -0.3 is 19.5 Å². The van der Waals surface area contributed by atoms with E-state index in [4.69, 9.17) is 4.52 Å². The Hall–Kier alpha value is -2.05. The van der Waals surface area contributed by atoms with Gasteiger partial charge >= 0.3 is 6.09 Å². The molecule has 19 heavy (non-hydrogen) atoms. The predicted molar refractivity (Wildman–Crippen MR) is 65.5 cm³/mol. The molecule has 2 heterocycles. The molecule has 1 aliphatic heterocycles. The number of rotatable bonds is 3. The first-order valence-corrected chi connectivity index (χ1v) is 6.22. The van der Waals surface area contributed by atoms with Crippen LogP contribution in [0.4, 0.5) is 4.79 Å². The minimum absolute atomic E-state index is 0.215. The maximum absolute atomic E-state index is 11.6. The second-order valence-corrected chi connectivity index (χ2v) is 4.49. The van der Waals surface area contributed by atoms with Gasteiger partial charge in [0.05, 0.1) is 13.3 Å². The average molecular weight is 267 g/mol. The number of hydrogen-bond donors (Lipinski definition) is 1. The van der Waals surface area contributed by atoms with E-state index in [-0.39, 0.29) is 17.8 Å². The molecule has 1 fully saturated rings. The summed E-state index contributed by atoms with van der Waals surface area (Å²) in [4.78, 5) is 24.6. The van der Waals surface area contributed by atoms with E-state index in [1.54, 1.807) is 4.90 Å². The van der Waals surface area contributed by atoms with Crippen LogP contribution in [-0.4, -0.2) is 48.8 Å². The molecular formula is C12H17N3O4. The first-order chi connectivity index (χ1) is 9.20. The Labute approximate surface area is 110 Å². The molecule has 7 nitrogen and oxygen atoms in total. The fourth-order valence-electron chi connectivity index (χ4n) is 2.11. The summed E-state index contributed by atoms with van der Waals surface area (Å²) in [7, 11) is 1.38. The quantitative estimate of drug-likeness (QED) is 0.878. The van der Waals surface area contributed by atoms with Crippen molar-refractivity contribution in [2.75, 3.05) is 26.7 Å². The number of hydrogen-bond acceptors (Lipinski definition) is 5. The first kappa shape index (κ1) is 13.4. The molecule has 2 rings (SSSR count). The lowest BCUT2D eigenvalue weighted by Crippen LogP contribution is -2.41. The number of ether oxygens (including phenoxy) is 1. The monoisotopic (exact) mass is 267 g/mol. The largest absolute Gasteiger partial charge is 0.453 e. The third-order valence-electron chi connectivity index (χ3n) is 3.26. The highest BCUT2D eigenvalue weighted by molar-refractivity contribution is 5.91. The summed E-state index contributed by atoms with van der Waals surface area (Å²) >= 11 is 0. The summed E-state index contributed by atoms with van der Waals surface area (Å²) < 4.78 is 9.44. The van der Waals surface area contributed by atoms with E-state index in [1.807, 2.05) is 0 Å². The highest BCUT2D eigenvalue weighted by Crippen LogP contribution is 2.17. The van der Waals surface area contributed by atoms with Crippen LogP contribution in [0.3, 0.4) is 0 Å². The van der Waals surface area contributed by atoms with E-state index in [0.717, 1.165) is 12.8 Å². The van der Waals surface area contributed by atoms with Gasteiger partial charge in [-0.05, 0) is 18.8 Å². The molecule has 0 aromatic carbocycles. The molecule has 1 saturated heterocycles. The second kappa shape index (κ2) is 6.21. The van der Waals surface area contributed by atoms with Gasteiger partial charge in [0, 0.05) is 25.7 Å². The first-order valence-electron chi connectivity index (χ1n) is 6.22. The van der Waals surface area contributed by atoms with E-state index in [1.165, 1.54) is 19.4 Å². The van der Waals surface area contributed by atoms with Crippen LogP contribution in [-0.2, 0) is 4.74 Å². The van der Waals surface area contributed by atoms with Crippen molar-refractivity contribution in [2.45, 2.75) is 12.8 Å². The Bertz CT molecular complexity index is 424.